The fraction of sp³-hybridized carbons (Fsp3) is 0.429. The molecule has 2 N–H and O–H groups in total. The second-order valence-corrected chi connectivity index (χ2v) is 2.47. The largest absolute Gasteiger partial charge is 0.480 e. The topological polar surface area (TPSA) is 66.4 Å². The lowest BCUT2D eigenvalue weighted by Gasteiger charge is -2.09. The van der Waals surface area contributed by atoms with E-state index in [4.69, 9.17) is 11.5 Å². The van der Waals surface area contributed by atoms with E-state index in [-0.39, 0.29) is 6.42 Å². The van der Waals surface area contributed by atoms with Crippen LogP contribution >= 0.6 is 12.6 Å². The molecular weight excluding hydrogens is 178 g/mol. The standard InChI is InChI=1S/C7H9NO3S/c1-2-6(9)8-5(3-4-12)7(10)11/h1,5,12H,3-4H2,(H,8,9)(H,10,11)/t5-/m0/s1. The molecule has 0 rings (SSSR count). The molecule has 0 aromatic carbocycles. The van der Waals surface area contributed by atoms with Crippen LogP contribution in [0.25, 0.3) is 0 Å². The van der Waals surface area contributed by atoms with Crippen LogP contribution in [0.15, 0.2) is 0 Å². The number of hydrogen-bond donors (Lipinski definition) is 3. The normalized spacial score (nSPS) is 11.3. The van der Waals surface area contributed by atoms with Gasteiger partial charge in [0.25, 0.3) is 5.91 Å². The van der Waals surface area contributed by atoms with Gasteiger partial charge in [0.2, 0.25) is 0 Å². The first-order valence-corrected chi connectivity index (χ1v) is 3.85. The third-order valence-electron chi connectivity index (χ3n) is 1.15. The van der Waals surface area contributed by atoms with Crippen LogP contribution in [0.1, 0.15) is 6.42 Å². The zero-order valence-corrected chi connectivity index (χ0v) is 7.17. The molecule has 4 nitrogen and oxygen atoms in total. The Morgan fingerprint density at radius 2 is 2.25 bits per heavy atom. The van der Waals surface area contributed by atoms with Gasteiger partial charge in [-0.2, -0.15) is 12.6 Å². The Morgan fingerprint density at radius 3 is 2.58 bits per heavy atom. The highest BCUT2D eigenvalue weighted by atomic mass is 32.1. The zero-order valence-electron chi connectivity index (χ0n) is 6.28. The van der Waals surface area contributed by atoms with E-state index in [1.165, 1.54) is 0 Å². The number of carbonyl (C=O) groups excluding carboxylic acids is 1. The van der Waals surface area contributed by atoms with Gasteiger partial charge >= 0.3 is 5.97 Å². The minimum Gasteiger partial charge on any atom is -0.480 e. The molecular formula is C7H9NO3S. The fourth-order valence-electron chi connectivity index (χ4n) is 0.586. The zero-order chi connectivity index (χ0) is 9.56. The van der Waals surface area contributed by atoms with Gasteiger partial charge in [0.05, 0.1) is 0 Å². The minimum atomic E-state index is -1.10. The molecule has 0 radical (unpaired) electrons. The molecule has 0 unspecified atom stereocenters. The van der Waals surface area contributed by atoms with Crippen molar-refractivity contribution in [2.45, 2.75) is 12.5 Å². The first kappa shape index (κ1) is 10.8. The number of hydrogen-bond acceptors (Lipinski definition) is 3. The maximum Gasteiger partial charge on any atom is 0.326 e. The summed E-state index contributed by atoms with van der Waals surface area (Å²) in [5.74, 6) is 0.325. The quantitative estimate of drug-likeness (QED) is 0.411. The van der Waals surface area contributed by atoms with Crippen molar-refractivity contribution in [3.63, 3.8) is 0 Å². The number of rotatable bonds is 4. The minimum absolute atomic E-state index is 0.256. The summed E-state index contributed by atoms with van der Waals surface area (Å²) in [6, 6.07) is -0.939. The van der Waals surface area contributed by atoms with Gasteiger partial charge in [-0.15, -0.1) is 6.42 Å². The Balaban J connectivity index is 4.06. The SMILES string of the molecule is C#CC(=O)N[C@@H](CCS)C(=O)O. The van der Waals surface area contributed by atoms with Gasteiger partial charge in [0.1, 0.15) is 6.04 Å². The highest BCUT2D eigenvalue weighted by Crippen LogP contribution is 1.94. The molecule has 12 heavy (non-hydrogen) atoms. The molecule has 0 heterocycles. The number of carboxylic acids is 1. The van der Waals surface area contributed by atoms with Crippen molar-refractivity contribution in [2.24, 2.45) is 0 Å². The summed E-state index contributed by atoms with van der Waals surface area (Å²) in [7, 11) is 0. The Bertz CT molecular complexity index is 221. The lowest BCUT2D eigenvalue weighted by Crippen LogP contribution is -2.40. The Labute approximate surface area is 75.8 Å². The Hall–Kier alpha value is -1.15. The molecule has 1 amide bonds. The third kappa shape index (κ3) is 3.88. The predicted molar refractivity (Wildman–Crippen MR) is 46.9 cm³/mol. The Kier molecular flexibility index (Phi) is 4.97. The maximum atomic E-state index is 10.6. The first-order chi connectivity index (χ1) is 5.61. The van der Waals surface area contributed by atoms with Crippen molar-refractivity contribution < 1.29 is 14.7 Å². The molecule has 0 spiro atoms. The highest BCUT2D eigenvalue weighted by Gasteiger charge is 2.17. The molecule has 0 fully saturated rings. The summed E-state index contributed by atoms with van der Waals surface area (Å²) in [6.07, 6.45) is 5.00. The maximum absolute atomic E-state index is 10.6. The second-order valence-electron chi connectivity index (χ2n) is 2.02. The molecule has 66 valence electrons. The average molecular weight is 187 g/mol. The van der Waals surface area contributed by atoms with E-state index >= 15 is 0 Å². The van der Waals surface area contributed by atoms with Gasteiger partial charge in [0.15, 0.2) is 0 Å². The van der Waals surface area contributed by atoms with Gasteiger partial charge < -0.3 is 10.4 Å². The average Bonchev–Trinajstić information content (AvgIpc) is 2.03. The molecule has 0 aliphatic carbocycles. The van der Waals surface area contributed by atoms with E-state index in [1.807, 2.05) is 0 Å². The van der Waals surface area contributed by atoms with Gasteiger partial charge in [-0.05, 0) is 18.1 Å². The van der Waals surface area contributed by atoms with E-state index in [2.05, 4.69) is 17.9 Å². The van der Waals surface area contributed by atoms with Crippen molar-refractivity contribution >= 4 is 24.5 Å². The number of carbonyl (C=O) groups is 2. The summed E-state index contributed by atoms with van der Waals surface area (Å²) in [6.45, 7) is 0. The van der Waals surface area contributed by atoms with Crippen molar-refractivity contribution in [2.75, 3.05) is 5.75 Å². The lowest BCUT2D eigenvalue weighted by atomic mass is 10.2. The first-order valence-electron chi connectivity index (χ1n) is 3.22. The number of thiol groups is 1. The summed E-state index contributed by atoms with van der Waals surface area (Å²) >= 11 is 3.84. The van der Waals surface area contributed by atoms with Crippen LogP contribution in [0.3, 0.4) is 0 Å². The molecule has 0 bridgehead atoms. The van der Waals surface area contributed by atoms with Crippen molar-refractivity contribution in [1.29, 1.82) is 0 Å². The molecule has 0 aromatic heterocycles. The number of carboxylic acid groups (broad SMARTS) is 1. The van der Waals surface area contributed by atoms with Crippen molar-refractivity contribution in [3.8, 4) is 12.3 Å². The predicted octanol–water partition coefficient (Wildman–Crippen LogP) is -0.491. The molecule has 0 saturated carbocycles. The third-order valence-corrected chi connectivity index (χ3v) is 1.41. The van der Waals surface area contributed by atoms with E-state index in [9.17, 15) is 9.59 Å². The van der Waals surface area contributed by atoms with Crippen LogP contribution in [0, 0.1) is 12.3 Å². The van der Waals surface area contributed by atoms with E-state index < -0.39 is 17.9 Å². The Morgan fingerprint density at radius 1 is 1.67 bits per heavy atom. The van der Waals surface area contributed by atoms with Gasteiger partial charge in [0, 0.05) is 0 Å². The van der Waals surface area contributed by atoms with Gasteiger partial charge in [-0.1, -0.05) is 0 Å². The molecule has 0 aliphatic rings. The lowest BCUT2D eigenvalue weighted by molar-refractivity contribution is -0.141. The van der Waals surface area contributed by atoms with Crippen LogP contribution in [0.5, 0.6) is 0 Å². The summed E-state index contributed by atoms with van der Waals surface area (Å²) < 4.78 is 0. The number of aliphatic carboxylic acids is 1. The van der Waals surface area contributed by atoms with Crippen molar-refractivity contribution in [1.82, 2.24) is 5.32 Å². The molecule has 0 aromatic rings. The summed E-state index contributed by atoms with van der Waals surface area (Å²) in [4.78, 5) is 21.0. The molecule has 0 saturated heterocycles. The summed E-state index contributed by atoms with van der Waals surface area (Å²) in [5.41, 5.74) is 0. The van der Waals surface area contributed by atoms with Crippen molar-refractivity contribution in [3.05, 3.63) is 0 Å². The van der Waals surface area contributed by atoms with Crippen LogP contribution < -0.4 is 5.32 Å². The monoisotopic (exact) mass is 187 g/mol. The van der Waals surface area contributed by atoms with E-state index in [0.29, 0.717) is 5.75 Å². The molecule has 1 atom stereocenters. The second kappa shape index (κ2) is 5.49. The van der Waals surface area contributed by atoms with Gasteiger partial charge in [-0.3, -0.25) is 4.79 Å². The van der Waals surface area contributed by atoms with E-state index in [1.54, 1.807) is 5.92 Å². The highest BCUT2D eigenvalue weighted by molar-refractivity contribution is 7.80. The van der Waals surface area contributed by atoms with Crippen LogP contribution in [-0.4, -0.2) is 28.8 Å². The fourth-order valence-corrected chi connectivity index (χ4v) is 0.845. The van der Waals surface area contributed by atoms with Gasteiger partial charge in [-0.25, -0.2) is 4.79 Å². The van der Waals surface area contributed by atoms with E-state index in [0.717, 1.165) is 0 Å². The molecule has 0 aliphatic heterocycles. The number of amides is 1. The molecule has 5 heteroatoms. The smallest absolute Gasteiger partial charge is 0.326 e. The summed E-state index contributed by atoms with van der Waals surface area (Å²) in [5, 5.41) is 10.7. The number of nitrogens with one attached hydrogen (secondary N) is 1. The van der Waals surface area contributed by atoms with Crippen LogP contribution in [0.4, 0.5) is 0 Å². The van der Waals surface area contributed by atoms with Crippen LogP contribution in [0.2, 0.25) is 0 Å². The van der Waals surface area contributed by atoms with Crippen LogP contribution in [-0.2, 0) is 9.59 Å². The number of terminal acetylenes is 1.